The van der Waals surface area contributed by atoms with Gasteiger partial charge in [-0.1, -0.05) is 12.1 Å². The highest BCUT2D eigenvalue weighted by molar-refractivity contribution is 6.05. The Hall–Kier alpha value is -3.55. The number of nitrogens with zero attached hydrogens (tertiary/aromatic N) is 2. The Balaban J connectivity index is 1.91. The quantitative estimate of drug-likeness (QED) is 0.608. The van der Waals surface area contributed by atoms with Gasteiger partial charge in [-0.2, -0.15) is 13.2 Å². The Morgan fingerprint density at radius 1 is 1.00 bits per heavy atom. The van der Waals surface area contributed by atoms with Crippen LogP contribution >= 0.6 is 0 Å². The summed E-state index contributed by atoms with van der Waals surface area (Å²) < 4.78 is 41.9. The van der Waals surface area contributed by atoms with Gasteiger partial charge in [0.1, 0.15) is 0 Å². The zero-order valence-electron chi connectivity index (χ0n) is 17.5. The van der Waals surface area contributed by atoms with Gasteiger partial charge in [0.25, 0.3) is 5.91 Å². The first-order valence-corrected chi connectivity index (χ1v) is 9.52. The van der Waals surface area contributed by atoms with Crippen LogP contribution < -0.4 is 10.2 Å². The number of anilines is 2. The second-order valence-corrected chi connectivity index (χ2v) is 7.21. The number of amides is 2. The SMILES string of the molecule is CC(=O)N(C)c1ccc(NC(=O)c2cc(C)n(-c3ccccc3C(F)(F)F)c2C)cc1. The third-order valence-electron chi connectivity index (χ3n) is 5.11. The summed E-state index contributed by atoms with van der Waals surface area (Å²) in [5.41, 5.74) is 1.57. The van der Waals surface area contributed by atoms with Crippen molar-refractivity contribution < 1.29 is 22.8 Å². The molecule has 0 radical (unpaired) electrons. The summed E-state index contributed by atoms with van der Waals surface area (Å²) in [4.78, 5) is 25.7. The van der Waals surface area contributed by atoms with Crippen molar-refractivity contribution in [1.82, 2.24) is 4.57 Å². The smallest absolute Gasteiger partial charge is 0.322 e. The van der Waals surface area contributed by atoms with Gasteiger partial charge in [0.2, 0.25) is 5.91 Å². The number of alkyl halides is 3. The molecule has 0 saturated carbocycles. The summed E-state index contributed by atoms with van der Waals surface area (Å²) in [7, 11) is 1.64. The van der Waals surface area contributed by atoms with E-state index in [9.17, 15) is 22.8 Å². The van der Waals surface area contributed by atoms with Crippen LogP contribution in [0.4, 0.5) is 24.5 Å². The van der Waals surface area contributed by atoms with E-state index < -0.39 is 17.6 Å². The predicted molar refractivity (Wildman–Crippen MR) is 114 cm³/mol. The molecule has 0 unspecified atom stereocenters. The fourth-order valence-electron chi connectivity index (χ4n) is 3.42. The molecule has 3 rings (SSSR count). The first kappa shape index (κ1) is 22.1. The third kappa shape index (κ3) is 4.47. The molecular weight excluding hydrogens is 407 g/mol. The molecular formula is C23H22F3N3O2. The lowest BCUT2D eigenvalue weighted by molar-refractivity contribution is -0.137. The maximum absolute atomic E-state index is 13.5. The van der Waals surface area contributed by atoms with Gasteiger partial charge < -0.3 is 14.8 Å². The molecule has 0 aliphatic heterocycles. The van der Waals surface area contributed by atoms with Crippen LogP contribution in [0.25, 0.3) is 5.69 Å². The van der Waals surface area contributed by atoms with Crippen molar-refractivity contribution in [3.63, 3.8) is 0 Å². The molecule has 0 bridgehead atoms. The number of halogens is 3. The number of para-hydroxylation sites is 1. The van der Waals surface area contributed by atoms with Crippen molar-refractivity contribution in [3.05, 3.63) is 77.1 Å². The Morgan fingerprint density at radius 3 is 2.19 bits per heavy atom. The number of hydrogen-bond acceptors (Lipinski definition) is 2. The largest absolute Gasteiger partial charge is 0.418 e. The van der Waals surface area contributed by atoms with Crippen molar-refractivity contribution in [1.29, 1.82) is 0 Å². The van der Waals surface area contributed by atoms with Crippen LogP contribution in [0.15, 0.2) is 54.6 Å². The lowest BCUT2D eigenvalue weighted by atomic mass is 10.1. The molecule has 162 valence electrons. The van der Waals surface area contributed by atoms with Gasteiger partial charge in [0, 0.05) is 36.7 Å². The lowest BCUT2D eigenvalue weighted by Crippen LogP contribution is -2.22. The highest BCUT2D eigenvalue weighted by Gasteiger charge is 2.34. The monoisotopic (exact) mass is 429 g/mol. The minimum absolute atomic E-state index is 0.0272. The first-order chi connectivity index (χ1) is 14.5. The van der Waals surface area contributed by atoms with Crippen molar-refractivity contribution in [2.45, 2.75) is 26.9 Å². The average molecular weight is 429 g/mol. The van der Waals surface area contributed by atoms with E-state index in [1.165, 1.54) is 34.6 Å². The minimum Gasteiger partial charge on any atom is -0.322 e. The third-order valence-corrected chi connectivity index (χ3v) is 5.11. The molecule has 8 heteroatoms. The Morgan fingerprint density at radius 2 is 1.61 bits per heavy atom. The van der Waals surface area contributed by atoms with Gasteiger partial charge in [-0.05, 0) is 56.3 Å². The van der Waals surface area contributed by atoms with E-state index in [1.54, 1.807) is 51.2 Å². The summed E-state index contributed by atoms with van der Waals surface area (Å²) >= 11 is 0. The Kier molecular flexibility index (Phi) is 5.92. The summed E-state index contributed by atoms with van der Waals surface area (Å²) in [6, 6.07) is 13.5. The van der Waals surface area contributed by atoms with Gasteiger partial charge in [0.05, 0.1) is 16.8 Å². The second-order valence-electron chi connectivity index (χ2n) is 7.21. The molecule has 1 aromatic heterocycles. The molecule has 2 aromatic carbocycles. The molecule has 2 amide bonds. The van der Waals surface area contributed by atoms with Gasteiger partial charge in [-0.3, -0.25) is 9.59 Å². The Labute approximate surface area is 178 Å². The fraction of sp³-hybridized carbons (Fsp3) is 0.217. The maximum Gasteiger partial charge on any atom is 0.418 e. The number of rotatable bonds is 4. The molecule has 0 saturated heterocycles. The predicted octanol–water partition coefficient (Wildman–Crippen LogP) is 5.35. The van der Waals surface area contributed by atoms with Crippen molar-refractivity contribution in [2.75, 3.05) is 17.3 Å². The molecule has 3 aromatic rings. The number of aromatic nitrogens is 1. The molecule has 1 heterocycles. The van der Waals surface area contributed by atoms with E-state index in [0.29, 0.717) is 22.8 Å². The molecule has 0 aliphatic carbocycles. The molecule has 5 nitrogen and oxygen atoms in total. The Bertz CT molecular complexity index is 1130. The standard InChI is InChI=1S/C23H22F3N3O2/c1-14-13-19(15(2)29(14)21-8-6-5-7-20(21)23(24,25)26)22(31)27-17-9-11-18(12-10-17)28(4)16(3)30/h5-13H,1-4H3,(H,27,31). The number of benzene rings is 2. The maximum atomic E-state index is 13.5. The molecule has 0 atom stereocenters. The number of nitrogens with one attached hydrogen (secondary N) is 1. The number of hydrogen-bond donors (Lipinski definition) is 1. The summed E-state index contributed by atoms with van der Waals surface area (Å²) in [6.45, 7) is 4.71. The highest BCUT2D eigenvalue weighted by Crippen LogP contribution is 2.35. The van der Waals surface area contributed by atoms with E-state index in [1.807, 2.05) is 0 Å². The van der Waals surface area contributed by atoms with E-state index in [2.05, 4.69) is 5.32 Å². The van der Waals surface area contributed by atoms with Crippen LogP contribution in [0, 0.1) is 13.8 Å². The zero-order chi connectivity index (χ0) is 22.9. The summed E-state index contributed by atoms with van der Waals surface area (Å²) in [5, 5.41) is 2.75. The number of carbonyl (C=O) groups is 2. The first-order valence-electron chi connectivity index (χ1n) is 9.52. The van der Waals surface area contributed by atoms with E-state index >= 15 is 0 Å². The highest BCUT2D eigenvalue weighted by atomic mass is 19.4. The molecule has 1 N–H and O–H groups in total. The molecule has 0 spiro atoms. The average Bonchev–Trinajstić information content (AvgIpc) is 3.01. The second kappa shape index (κ2) is 8.29. The van der Waals surface area contributed by atoms with Gasteiger partial charge >= 0.3 is 6.18 Å². The van der Waals surface area contributed by atoms with Gasteiger partial charge in [-0.25, -0.2) is 0 Å². The summed E-state index contributed by atoms with van der Waals surface area (Å²) in [5.74, 6) is -0.556. The minimum atomic E-state index is -4.52. The fourth-order valence-corrected chi connectivity index (χ4v) is 3.42. The zero-order valence-corrected chi connectivity index (χ0v) is 17.5. The van der Waals surface area contributed by atoms with Crippen LogP contribution in [0.5, 0.6) is 0 Å². The van der Waals surface area contributed by atoms with Crippen LogP contribution in [0.2, 0.25) is 0 Å². The normalized spacial score (nSPS) is 11.3. The lowest BCUT2D eigenvalue weighted by Gasteiger charge is -2.17. The molecule has 31 heavy (non-hydrogen) atoms. The van der Waals surface area contributed by atoms with Crippen LogP contribution in [0.1, 0.15) is 34.2 Å². The topological polar surface area (TPSA) is 54.3 Å². The van der Waals surface area contributed by atoms with Gasteiger partial charge in [0.15, 0.2) is 0 Å². The van der Waals surface area contributed by atoms with E-state index in [4.69, 9.17) is 0 Å². The van der Waals surface area contributed by atoms with Crippen LogP contribution in [-0.4, -0.2) is 23.4 Å². The van der Waals surface area contributed by atoms with Crippen LogP contribution in [-0.2, 0) is 11.0 Å². The van der Waals surface area contributed by atoms with Crippen LogP contribution in [0.3, 0.4) is 0 Å². The van der Waals surface area contributed by atoms with Gasteiger partial charge in [-0.15, -0.1) is 0 Å². The number of aryl methyl sites for hydroxylation is 1. The van der Waals surface area contributed by atoms with Crippen molar-refractivity contribution in [3.8, 4) is 5.69 Å². The van der Waals surface area contributed by atoms with E-state index in [0.717, 1.165) is 6.07 Å². The summed E-state index contributed by atoms with van der Waals surface area (Å²) in [6.07, 6.45) is -4.52. The molecule has 0 aliphatic rings. The van der Waals surface area contributed by atoms with Crippen molar-refractivity contribution in [2.24, 2.45) is 0 Å². The molecule has 0 fully saturated rings. The van der Waals surface area contributed by atoms with E-state index in [-0.39, 0.29) is 17.2 Å². The number of carbonyl (C=O) groups excluding carboxylic acids is 2. The van der Waals surface area contributed by atoms with Crippen molar-refractivity contribution >= 4 is 23.2 Å².